The maximum Gasteiger partial charge on any atom is 0.220 e. The first-order valence-corrected chi connectivity index (χ1v) is 9.54. The van der Waals surface area contributed by atoms with E-state index in [1.54, 1.807) is 0 Å². The number of fused-ring (bicyclic) bond motifs is 1. The number of aryl methyl sites for hydroxylation is 3. The Kier molecular flexibility index (Phi) is 6.97. The molecule has 5 nitrogen and oxygen atoms in total. The molecule has 2 rings (SSSR count). The maximum atomic E-state index is 12.3. The van der Waals surface area contributed by atoms with E-state index in [1.807, 2.05) is 24.4 Å². The van der Waals surface area contributed by atoms with Crippen molar-refractivity contribution in [3.8, 4) is 0 Å². The zero-order valence-corrected chi connectivity index (χ0v) is 16.4. The second kappa shape index (κ2) is 8.97. The highest BCUT2D eigenvalue weighted by molar-refractivity contribution is 5.76. The van der Waals surface area contributed by atoms with Gasteiger partial charge < -0.3 is 5.32 Å². The largest absolute Gasteiger partial charge is 0.354 e. The summed E-state index contributed by atoms with van der Waals surface area (Å²) in [5, 5.41) is 7.62. The minimum Gasteiger partial charge on any atom is -0.354 e. The zero-order valence-electron chi connectivity index (χ0n) is 16.4. The molecule has 1 N–H and O–H groups in total. The van der Waals surface area contributed by atoms with Gasteiger partial charge in [-0.1, -0.05) is 32.6 Å². The number of carbonyl (C=O) groups is 1. The van der Waals surface area contributed by atoms with E-state index in [2.05, 4.69) is 36.2 Å². The summed E-state index contributed by atoms with van der Waals surface area (Å²) >= 11 is 0. The van der Waals surface area contributed by atoms with E-state index >= 15 is 0 Å². The minimum atomic E-state index is 0.124. The summed E-state index contributed by atoms with van der Waals surface area (Å²) in [5.74, 6) is 0.124. The quantitative estimate of drug-likeness (QED) is 0.698. The summed E-state index contributed by atoms with van der Waals surface area (Å²) < 4.78 is 1.88. The van der Waals surface area contributed by atoms with Crippen LogP contribution < -0.4 is 5.32 Å². The first-order valence-electron chi connectivity index (χ1n) is 9.54. The van der Waals surface area contributed by atoms with Gasteiger partial charge in [-0.3, -0.25) is 4.79 Å². The second-order valence-electron chi connectivity index (χ2n) is 7.13. The number of nitrogens with zero attached hydrogens (tertiary/aromatic N) is 3. The number of rotatable bonds is 9. The van der Waals surface area contributed by atoms with Gasteiger partial charge >= 0.3 is 0 Å². The van der Waals surface area contributed by atoms with Gasteiger partial charge in [0.25, 0.3) is 0 Å². The number of amides is 1. The predicted octanol–water partition coefficient (Wildman–Crippen LogP) is 4.06. The van der Waals surface area contributed by atoms with Gasteiger partial charge in [0.05, 0.1) is 5.69 Å². The van der Waals surface area contributed by atoms with Crippen LogP contribution in [0.4, 0.5) is 0 Å². The third-order valence-corrected chi connectivity index (χ3v) is 4.79. The van der Waals surface area contributed by atoms with Crippen molar-refractivity contribution in [2.75, 3.05) is 0 Å². The Hall–Kier alpha value is -1.91. The van der Waals surface area contributed by atoms with E-state index in [0.29, 0.717) is 12.8 Å². The topological polar surface area (TPSA) is 59.3 Å². The molecule has 0 aromatic carbocycles. The fourth-order valence-electron chi connectivity index (χ4n) is 3.34. The van der Waals surface area contributed by atoms with Crippen LogP contribution in [0.15, 0.2) is 6.07 Å². The highest BCUT2D eigenvalue weighted by Gasteiger charge is 2.13. The van der Waals surface area contributed by atoms with Crippen molar-refractivity contribution in [1.82, 2.24) is 19.9 Å². The number of unbranched alkanes of at least 4 members (excludes halogenated alkanes) is 3. The smallest absolute Gasteiger partial charge is 0.220 e. The molecule has 0 spiro atoms. The van der Waals surface area contributed by atoms with E-state index in [-0.39, 0.29) is 11.9 Å². The van der Waals surface area contributed by atoms with Crippen LogP contribution in [-0.4, -0.2) is 26.5 Å². The fourth-order valence-corrected chi connectivity index (χ4v) is 3.34. The first kappa shape index (κ1) is 19.4. The van der Waals surface area contributed by atoms with Crippen LogP contribution in [-0.2, 0) is 11.2 Å². The average Bonchev–Trinajstić information content (AvgIpc) is 2.92. The molecule has 0 aliphatic carbocycles. The fraction of sp³-hybridized carbons (Fsp3) is 0.650. The van der Waals surface area contributed by atoms with Gasteiger partial charge in [0.1, 0.15) is 0 Å². The highest BCUT2D eigenvalue weighted by Crippen LogP contribution is 2.17. The van der Waals surface area contributed by atoms with Gasteiger partial charge in [0.15, 0.2) is 5.65 Å². The lowest BCUT2D eigenvalue weighted by Crippen LogP contribution is -2.32. The van der Waals surface area contributed by atoms with Crippen LogP contribution in [0.1, 0.15) is 75.0 Å². The van der Waals surface area contributed by atoms with E-state index in [0.717, 1.165) is 34.7 Å². The molecular formula is C20H32N4O. The van der Waals surface area contributed by atoms with Crippen LogP contribution in [0, 0.1) is 20.8 Å². The number of aromatic nitrogens is 3. The lowest BCUT2D eigenvalue weighted by Gasteiger charge is -2.15. The summed E-state index contributed by atoms with van der Waals surface area (Å²) in [6, 6.07) is 2.23. The van der Waals surface area contributed by atoms with Gasteiger partial charge in [0, 0.05) is 29.9 Å². The molecule has 0 fully saturated rings. The van der Waals surface area contributed by atoms with Crippen molar-refractivity contribution in [2.24, 2.45) is 0 Å². The molecule has 0 aliphatic rings. The van der Waals surface area contributed by atoms with Gasteiger partial charge in [-0.15, -0.1) is 0 Å². The van der Waals surface area contributed by atoms with Crippen molar-refractivity contribution >= 4 is 11.6 Å². The summed E-state index contributed by atoms with van der Waals surface area (Å²) in [4.78, 5) is 16.9. The van der Waals surface area contributed by atoms with Crippen molar-refractivity contribution < 1.29 is 4.79 Å². The van der Waals surface area contributed by atoms with E-state index in [1.165, 1.54) is 25.7 Å². The second-order valence-corrected chi connectivity index (χ2v) is 7.13. The Bertz CT molecular complexity index is 720. The lowest BCUT2D eigenvalue weighted by atomic mass is 10.1. The standard InChI is InChI=1S/C20H32N4O/c1-6-7-8-9-10-14(2)21-20(25)12-11-18-16(4)22-19-13-15(3)23-24(19)17(18)5/h13-14H,6-12H2,1-5H3,(H,21,25). The Morgan fingerprint density at radius 3 is 2.72 bits per heavy atom. The van der Waals surface area contributed by atoms with Crippen molar-refractivity contribution in [1.29, 1.82) is 0 Å². The molecule has 2 aromatic heterocycles. The van der Waals surface area contributed by atoms with Crippen LogP contribution in [0.3, 0.4) is 0 Å². The molecule has 1 atom stereocenters. The van der Waals surface area contributed by atoms with Crippen molar-refractivity contribution in [3.63, 3.8) is 0 Å². The van der Waals surface area contributed by atoms with Crippen LogP contribution in [0.5, 0.6) is 0 Å². The summed E-state index contributed by atoms with van der Waals surface area (Å²) in [6.07, 6.45) is 7.22. The molecule has 25 heavy (non-hydrogen) atoms. The third kappa shape index (κ3) is 5.28. The zero-order chi connectivity index (χ0) is 18.4. The van der Waals surface area contributed by atoms with Gasteiger partial charge in [-0.2, -0.15) is 5.10 Å². The van der Waals surface area contributed by atoms with Crippen molar-refractivity contribution in [3.05, 3.63) is 28.7 Å². The summed E-state index contributed by atoms with van der Waals surface area (Å²) in [6.45, 7) is 10.3. The molecule has 1 unspecified atom stereocenters. The normalized spacial score (nSPS) is 12.5. The Morgan fingerprint density at radius 2 is 2.00 bits per heavy atom. The summed E-state index contributed by atoms with van der Waals surface area (Å²) in [5.41, 5.74) is 5.03. The maximum absolute atomic E-state index is 12.3. The molecule has 1 amide bonds. The Morgan fingerprint density at radius 1 is 1.24 bits per heavy atom. The van der Waals surface area contributed by atoms with Gasteiger partial charge in [-0.05, 0) is 46.1 Å². The van der Waals surface area contributed by atoms with Gasteiger partial charge in [-0.25, -0.2) is 9.50 Å². The molecule has 2 heterocycles. The predicted molar refractivity (Wildman–Crippen MR) is 102 cm³/mol. The molecule has 0 bridgehead atoms. The average molecular weight is 345 g/mol. The molecule has 0 saturated carbocycles. The molecule has 2 aromatic rings. The Labute approximate surface area is 151 Å². The first-order chi connectivity index (χ1) is 11.9. The summed E-state index contributed by atoms with van der Waals surface area (Å²) in [7, 11) is 0. The number of nitrogens with one attached hydrogen (secondary N) is 1. The molecular weight excluding hydrogens is 312 g/mol. The van der Waals surface area contributed by atoms with E-state index < -0.39 is 0 Å². The SMILES string of the molecule is CCCCCCC(C)NC(=O)CCc1c(C)nc2cc(C)nn2c1C. The molecule has 0 aliphatic heterocycles. The highest BCUT2D eigenvalue weighted by atomic mass is 16.1. The molecule has 5 heteroatoms. The monoisotopic (exact) mass is 344 g/mol. The van der Waals surface area contributed by atoms with Crippen molar-refractivity contribution in [2.45, 2.75) is 85.6 Å². The molecule has 0 radical (unpaired) electrons. The van der Waals surface area contributed by atoms with Crippen LogP contribution >= 0.6 is 0 Å². The lowest BCUT2D eigenvalue weighted by molar-refractivity contribution is -0.121. The number of carbonyl (C=O) groups excluding carboxylic acids is 1. The van der Waals surface area contributed by atoms with E-state index in [9.17, 15) is 4.79 Å². The van der Waals surface area contributed by atoms with Gasteiger partial charge in [0.2, 0.25) is 5.91 Å². The number of hydrogen-bond donors (Lipinski definition) is 1. The number of hydrogen-bond acceptors (Lipinski definition) is 3. The Balaban J connectivity index is 1.90. The van der Waals surface area contributed by atoms with Crippen LogP contribution in [0.2, 0.25) is 0 Å². The van der Waals surface area contributed by atoms with Crippen LogP contribution in [0.25, 0.3) is 5.65 Å². The van der Waals surface area contributed by atoms with E-state index in [4.69, 9.17) is 0 Å². The third-order valence-electron chi connectivity index (χ3n) is 4.79. The molecule has 0 saturated heterocycles. The molecule has 138 valence electrons. The minimum absolute atomic E-state index is 0.124.